The normalized spacial score (nSPS) is 11.0. The third kappa shape index (κ3) is 9.35. The second-order valence-corrected chi connectivity index (χ2v) is 11.3. The first-order valence-corrected chi connectivity index (χ1v) is 15.9. The summed E-state index contributed by atoms with van der Waals surface area (Å²) in [7, 11) is 4.84. The zero-order valence-electron chi connectivity index (χ0n) is 27.1. The Kier molecular flexibility index (Phi) is 12.9. The molecule has 0 radical (unpaired) electrons. The zero-order chi connectivity index (χ0) is 32.0. The molecule has 0 spiro atoms. The van der Waals surface area contributed by atoms with Gasteiger partial charge in [-0.05, 0) is 72.7 Å². The monoisotopic (exact) mass is 613 g/mol. The van der Waals surface area contributed by atoms with E-state index in [0.717, 1.165) is 34.9 Å². The second-order valence-electron chi connectivity index (χ2n) is 11.3. The quantitative estimate of drug-likeness (QED) is 0.127. The maximum atomic E-state index is 14.1. The highest BCUT2D eigenvalue weighted by Gasteiger charge is 2.23. The maximum Gasteiger partial charge on any atom is 0.254 e. The van der Waals surface area contributed by atoms with Crippen LogP contribution in [0.1, 0.15) is 59.7 Å². The average molecular weight is 614 g/mol. The first kappa shape index (κ1) is 33.6. The molecule has 1 aromatic heterocycles. The predicted molar refractivity (Wildman–Crippen MR) is 179 cm³/mol. The van der Waals surface area contributed by atoms with Crippen LogP contribution in [0.15, 0.2) is 72.9 Å². The SMILES string of the molecule is CCCCCc1ccc(C(=O)N(CCCOC)CC(=O)N(CCc2c[nH]c3ccccc23)Cc2ccc(OC)c(OC)c2)cc1. The largest absolute Gasteiger partial charge is 0.493 e. The fourth-order valence-corrected chi connectivity index (χ4v) is 5.58. The number of benzene rings is 3. The van der Waals surface area contributed by atoms with Gasteiger partial charge >= 0.3 is 0 Å². The van der Waals surface area contributed by atoms with E-state index in [2.05, 4.69) is 18.0 Å². The van der Waals surface area contributed by atoms with Crippen LogP contribution in [0.5, 0.6) is 11.5 Å². The first-order chi connectivity index (χ1) is 22.0. The van der Waals surface area contributed by atoms with Crippen molar-refractivity contribution in [2.75, 3.05) is 47.6 Å². The van der Waals surface area contributed by atoms with E-state index in [1.807, 2.05) is 71.8 Å². The molecule has 0 fully saturated rings. The van der Waals surface area contributed by atoms with E-state index in [1.165, 1.54) is 18.4 Å². The summed E-state index contributed by atoms with van der Waals surface area (Å²) in [6, 6.07) is 21.7. The Morgan fingerprint density at radius 1 is 0.778 bits per heavy atom. The number of carbonyl (C=O) groups excluding carboxylic acids is 2. The Bertz CT molecular complexity index is 1510. The number of aryl methyl sites for hydroxylation is 1. The maximum absolute atomic E-state index is 14.1. The van der Waals surface area contributed by atoms with Crippen molar-refractivity contribution in [1.29, 1.82) is 0 Å². The number of nitrogens with one attached hydrogen (secondary N) is 1. The molecular formula is C37H47N3O5. The fourth-order valence-electron chi connectivity index (χ4n) is 5.58. The molecule has 2 amide bonds. The molecule has 0 saturated heterocycles. The topological polar surface area (TPSA) is 84.1 Å². The summed E-state index contributed by atoms with van der Waals surface area (Å²) in [4.78, 5) is 34.6. The van der Waals surface area contributed by atoms with Crippen LogP contribution in [0.4, 0.5) is 0 Å². The Hall–Kier alpha value is -4.30. The number of hydrogen-bond acceptors (Lipinski definition) is 5. The molecule has 240 valence electrons. The molecule has 0 unspecified atom stereocenters. The van der Waals surface area contributed by atoms with Crippen molar-refractivity contribution in [2.24, 2.45) is 0 Å². The third-order valence-electron chi connectivity index (χ3n) is 8.16. The van der Waals surface area contributed by atoms with Crippen molar-refractivity contribution in [3.8, 4) is 11.5 Å². The Balaban J connectivity index is 1.55. The number of nitrogens with zero attached hydrogens (tertiary/aromatic N) is 2. The summed E-state index contributed by atoms with van der Waals surface area (Å²) in [5.74, 6) is 0.964. The Labute approximate surface area is 267 Å². The van der Waals surface area contributed by atoms with Crippen LogP contribution in [-0.2, 0) is 28.9 Å². The number of rotatable bonds is 18. The molecule has 4 aromatic rings. The number of aromatic nitrogens is 1. The Morgan fingerprint density at radius 3 is 2.27 bits per heavy atom. The number of para-hydroxylation sites is 1. The minimum Gasteiger partial charge on any atom is -0.493 e. The third-order valence-corrected chi connectivity index (χ3v) is 8.16. The highest BCUT2D eigenvalue weighted by molar-refractivity contribution is 5.96. The van der Waals surface area contributed by atoms with Gasteiger partial charge in [0.1, 0.15) is 6.54 Å². The van der Waals surface area contributed by atoms with Crippen LogP contribution < -0.4 is 9.47 Å². The van der Waals surface area contributed by atoms with Gasteiger partial charge in [-0.3, -0.25) is 9.59 Å². The molecule has 0 aliphatic heterocycles. The summed E-state index contributed by atoms with van der Waals surface area (Å²) in [6.07, 6.45) is 7.81. The van der Waals surface area contributed by atoms with Gasteiger partial charge in [-0.25, -0.2) is 0 Å². The smallest absolute Gasteiger partial charge is 0.254 e. The predicted octanol–water partition coefficient (Wildman–Crippen LogP) is 6.67. The van der Waals surface area contributed by atoms with Gasteiger partial charge in [0.2, 0.25) is 5.91 Å². The van der Waals surface area contributed by atoms with Gasteiger partial charge < -0.3 is 29.0 Å². The molecule has 0 saturated carbocycles. The van der Waals surface area contributed by atoms with Crippen LogP contribution in [0.25, 0.3) is 10.9 Å². The second kappa shape index (κ2) is 17.3. The standard InChI is InChI=1S/C37H47N3O5/c1-5-6-7-11-28-14-17-30(18-15-28)37(42)40(21-10-23-43-2)27-36(41)39(26-29-16-19-34(44-3)35(24-29)45-4)22-20-31-25-38-33-13-9-8-12-32(31)33/h8-9,12-19,24-25,38H,5-7,10-11,20-23,26-27H2,1-4H3. The minimum atomic E-state index is -0.151. The van der Waals surface area contributed by atoms with E-state index in [4.69, 9.17) is 14.2 Å². The number of methoxy groups -OCH3 is 3. The lowest BCUT2D eigenvalue weighted by atomic mass is 10.0. The highest BCUT2D eigenvalue weighted by atomic mass is 16.5. The van der Waals surface area contributed by atoms with E-state index in [9.17, 15) is 9.59 Å². The number of hydrogen-bond donors (Lipinski definition) is 1. The number of amides is 2. The molecular weight excluding hydrogens is 566 g/mol. The van der Waals surface area contributed by atoms with Crippen molar-refractivity contribution in [2.45, 2.75) is 52.0 Å². The van der Waals surface area contributed by atoms with Crippen molar-refractivity contribution in [1.82, 2.24) is 14.8 Å². The fraction of sp³-hybridized carbons (Fsp3) is 0.405. The van der Waals surface area contributed by atoms with Gasteiger partial charge in [0.15, 0.2) is 11.5 Å². The number of fused-ring (bicyclic) bond motifs is 1. The molecule has 45 heavy (non-hydrogen) atoms. The van der Waals surface area contributed by atoms with Gasteiger partial charge in [-0.15, -0.1) is 0 Å². The average Bonchev–Trinajstić information content (AvgIpc) is 3.49. The van der Waals surface area contributed by atoms with Gasteiger partial charge in [0.25, 0.3) is 5.91 Å². The summed E-state index contributed by atoms with van der Waals surface area (Å²) in [5, 5.41) is 1.14. The molecule has 0 aliphatic carbocycles. The lowest BCUT2D eigenvalue weighted by Gasteiger charge is -2.28. The van der Waals surface area contributed by atoms with Crippen molar-refractivity contribution in [3.63, 3.8) is 0 Å². The van der Waals surface area contributed by atoms with Crippen molar-refractivity contribution in [3.05, 3.63) is 95.2 Å². The molecule has 1 N–H and O–H groups in total. The van der Waals surface area contributed by atoms with Crippen LogP contribution in [-0.4, -0.2) is 74.2 Å². The first-order valence-electron chi connectivity index (χ1n) is 15.9. The minimum absolute atomic E-state index is 0.0258. The number of ether oxygens (including phenoxy) is 3. The molecule has 0 bridgehead atoms. The van der Waals surface area contributed by atoms with Crippen molar-refractivity contribution < 1.29 is 23.8 Å². The van der Waals surface area contributed by atoms with Gasteiger partial charge in [0.05, 0.1) is 14.2 Å². The summed E-state index contributed by atoms with van der Waals surface area (Å²) in [6.45, 7) is 3.95. The Morgan fingerprint density at radius 2 is 1.53 bits per heavy atom. The van der Waals surface area contributed by atoms with Gasteiger partial charge in [-0.2, -0.15) is 0 Å². The van der Waals surface area contributed by atoms with E-state index in [-0.39, 0.29) is 18.4 Å². The van der Waals surface area contributed by atoms with E-state index in [1.54, 1.807) is 26.2 Å². The van der Waals surface area contributed by atoms with Crippen LogP contribution in [0.3, 0.4) is 0 Å². The highest BCUT2D eigenvalue weighted by Crippen LogP contribution is 2.28. The van der Waals surface area contributed by atoms with Crippen LogP contribution in [0.2, 0.25) is 0 Å². The molecule has 0 atom stereocenters. The van der Waals surface area contributed by atoms with Crippen molar-refractivity contribution >= 4 is 22.7 Å². The van der Waals surface area contributed by atoms with E-state index in [0.29, 0.717) is 56.1 Å². The lowest BCUT2D eigenvalue weighted by molar-refractivity contribution is -0.132. The summed E-state index contributed by atoms with van der Waals surface area (Å²) >= 11 is 0. The molecule has 1 heterocycles. The summed E-state index contributed by atoms with van der Waals surface area (Å²) in [5.41, 5.74) is 4.93. The molecule has 8 nitrogen and oxygen atoms in total. The molecule has 8 heteroatoms. The van der Waals surface area contributed by atoms with Crippen LogP contribution in [0, 0.1) is 0 Å². The number of carbonyl (C=O) groups is 2. The summed E-state index contributed by atoms with van der Waals surface area (Å²) < 4.78 is 16.2. The number of unbranched alkanes of at least 4 members (excludes halogenated alkanes) is 2. The van der Waals surface area contributed by atoms with Gasteiger partial charge in [-0.1, -0.05) is 56.2 Å². The van der Waals surface area contributed by atoms with Gasteiger partial charge in [0, 0.05) is 56.0 Å². The molecule has 0 aliphatic rings. The number of H-pyrrole nitrogens is 1. The zero-order valence-corrected chi connectivity index (χ0v) is 27.1. The molecule has 4 rings (SSSR count). The van der Waals surface area contributed by atoms with E-state index >= 15 is 0 Å². The van der Waals surface area contributed by atoms with Crippen LogP contribution >= 0.6 is 0 Å². The molecule has 3 aromatic carbocycles. The lowest BCUT2D eigenvalue weighted by Crippen LogP contribution is -2.44. The number of aromatic amines is 1. The van der Waals surface area contributed by atoms with E-state index < -0.39 is 0 Å².